The number of halogens is 2. The molecule has 3 heterocycles. The number of fused-ring (bicyclic) bond motifs is 2. The van der Waals surface area contributed by atoms with Crippen LogP contribution in [0, 0.1) is 0 Å². The number of rotatable bonds is 4. The third kappa shape index (κ3) is 4.18. The van der Waals surface area contributed by atoms with E-state index in [1.165, 1.54) is 0 Å². The van der Waals surface area contributed by atoms with Gasteiger partial charge in [-0.1, -0.05) is 76.1 Å². The summed E-state index contributed by atoms with van der Waals surface area (Å²) >= 11 is 9.91. The normalized spacial score (nSPS) is 16.2. The van der Waals surface area contributed by atoms with Crippen molar-refractivity contribution in [1.82, 2.24) is 9.97 Å². The van der Waals surface area contributed by atoms with Gasteiger partial charge >= 0.3 is 0 Å². The number of hydrazone groups is 1. The maximum absolute atomic E-state index is 6.38. The van der Waals surface area contributed by atoms with Gasteiger partial charge < -0.3 is 9.47 Å². The molecule has 0 bridgehead atoms. The van der Waals surface area contributed by atoms with Crippen LogP contribution in [0.25, 0.3) is 22.2 Å². The maximum Gasteiger partial charge on any atom is 0.247 e. The fourth-order valence-corrected chi connectivity index (χ4v) is 5.33. The van der Waals surface area contributed by atoms with Gasteiger partial charge in [-0.2, -0.15) is 5.10 Å². The molecular formula is C30H20BrClN4O2. The molecule has 0 saturated carbocycles. The van der Waals surface area contributed by atoms with Gasteiger partial charge in [-0.3, -0.25) is 0 Å². The summed E-state index contributed by atoms with van der Waals surface area (Å²) in [4.78, 5) is 10.0. The fraction of sp³-hybridized carbons (Fsp3) is 0.100. The molecule has 2 aliphatic heterocycles. The van der Waals surface area contributed by atoms with Crippen molar-refractivity contribution in [2.24, 2.45) is 5.10 Å². The van der Waals surface area contributed by atoms with Gasteiger partial charge in [0.15, 0.2) is 11.5 Å². The second kappa shape index (κ2) is 9.42. The molecule has 8 heteroatoms. The second-order valence-electron chi connectivity index (χ2n) is 9.13. The molecule has 5 aromatic rings. The van der Waals surface area contributed by atoms with Crippen molar-refractivity contribution in [3.63, 3.8) is 0 Å². The summed E-state index contributed by atoms with van der Waals surface area (Å²) in [5.74, 6) is 2.00. The Kier molecular flexibility index (Phi) is 5.75. The number of benzene rings is 4. The van der Waals surface area contributed by atoms with E-state index in [0.29, 0.717) is 17.4 Å². The van der Waals surface area contributed by atoms with Gasteiger partial charge in [-0.25, -0.2) is 15.0 Å². The van der Waals surface area contributed by atoms with Crippen LogP contribution in [0.15, 0.2) is 101 Å². The number of nitrogens with zero attached hydrogens (tertiary/aromatic N) is 4. The zero-order chi connectivity index (χ0) is 25.6. The van der Waals surface area contributed by atoms with Crippen LogP contribution >= 0.6 is 27.5 Å². The summed E-state index contributed by atoms with van der Waals surface area (Å²) in [6.45, 7) is 0.227. The van der Waals surface area contributed by atoms with Gasteiger partial charge in [0, 0.05) is 26.9 Å². The lowest BCUT2D eigenvalue weighted by Gasteiger charge is -2.23. The molecule has 0 saturated heterocycles. The second-order valence-corrected chi connectivity index (χ2v) is 10.5. The summed E-state index contributed by atoms with van der Waals surface area (Å²) in [6, 6.07) is 29.9. The zero-order valence-corrected chi connectivity index (χ0v) is 22.4. The van der Waals surface area contributed by atoms with Crippen molar-refractivity contribution in [2.75, 3.05) is 11.8 Å². The highest BCUT2D eigenvalue weighted by Gasteiger charge is 2.33. The van der Waals surface area contributed by atoms with Gasteiger partial charge in [0.1, 0.15) is 0 Å². The van der Waals surface area contributed by atoms with E-state index in [2.05, 4.69) is 34.1 Å². The molecule has 1 aromatic heterocycles. The summed E-state index contributed by atoms with van der Waals surface area (Å²) in [5.41, 5.74) is 5.66. The van der Waals surface area contributed by atoms with Crippen molar-refractivity contribution in [3.8, 4) is 22.8 Å². The highest BCUT2D eigenvalue weighted by molar-refractivity contribution is 9.10. The van der Waals surface area contributed by atoms with Gasteiger partial charge in [-0.05, 0) is 53.6 Å². The van der Waals surface area contributed by atoms with Crippen molar-refractivity contribution >= 4 is 50.1 Å². The lowest BCUT2D eigenvalue weighted by molar-refractivity contribution is 0.174. The van der Waals surface area contributed by atoms with E-state index < -0.39 is 0 Å². The molecule has 6 nitrogen and oxygen atoms in total. The van der Waals surface area contributed by atoms with Crippen LogP contribution in [-0.4, -0.2) is 22.5 Å². The minimum Gasteiger partial charge on any atom is -0.454 e. The molecule has 0 fully saturated rings. The van der Waals surface area contributed by atoms with Crippen molar-refractivity contribution in [1.29, 1.82) is 0 Å². The van der Waals surface area contributed by atoms with E-state index in [0.717, 1.165) is 55.0 Å². The molecule has 1 unspecified atom stereocenters. The SMILES string of the molecule is Clc1ccc2nc(N3N=C(c4ccc(Br)cc4)CC3c3ccc4c(c3)OCO4)nc(-c3ccccc3)c2c1. The Balaban J connectivity index is 1.40. The Hall–Kier alpha value is -3.94. The van der Waals surface area contributed by atoms with Crippen molar-refractivity contribution in [3.05, 3.63) is 112 Å². The van der Waals surface area contributed by atoms with Crippen molar-refractivity contribution < 1.29 is 9.47 Å². The molecule has 186 valence electrons. The monoisotopic (exact) mass is 582 g/mol. The quantitative estimate of drug-likeness (QED) is 0.216. The summed E-state index contributed by atoms with van der Waals surface area (Å²) in [6.07, 6.45) is 0.684. The van der Waals surface area contributed by atoms with Crippen LogP contribution in [0.1, 0.15) is 23.6 Å². The molecule has 2 aliphatic rings. The highest BCUT2D eigenvalue weighted by Crippen LogP contribution is 2.41. The molecule has 0 aliphatic carbocycles. The Labute approximate surface area is 232 Å². The van der Waals surface area contributed by atoms with Gasteiger partial charge in [0.25, 0.3) is 0 Å². The van der Waals surface area contributed by atoms with E-state index in [4.69, 9.17) is 36.1 Å². The summed E-state index contributed by atoms with van der Waals surface area (Å²) in [7, 11) is 0. The molecular weight excluding hydrogens is 564 g/mol. The van der Waals surface area contributed by atoms with E-state index >= 15 is 0 Å². The molecule has 0 radical (unpaired) electrons. The molecule has 0 N–H and O–H groups in total. The Bertz CT molecular complexity index is 1710. The molecule has 0 amide bonds. The molecule has 1 atom stereocenters. The largest absolute Gasteiger partial charge is 0.454 e. The Morgan fingerprint density at radius 3 is 2.47 bits per heavy atom. The minimum absolute atomic E-state index is 0.128. The van der Waals surface area contributed by atoms with Crippen LogP contribution in [0.5, 0.6) is 11.5 Å². The van der Waals surface area contributed by atoms with E-state index in [9.17, 15) is 0 Å². The Morgan fingerprint density at radius 1 is 0.816 bits per heavy atom. The first-order valence-electron chi connectivity index (χ1n) is 12.2. The number of hydrogen-bond donors (Lipinski definition) is 0. The first kappa shape index (κ1) is 23.2. The van der Waals surface area contributed by atoms with E-state index in [-0.39, 0.29) is 12.8 Å². The predicted octanol–water partition coefficient (Wildman–Crippen LogP) is 7.80. The van der Waals surface area contributed by atoms with Crippen LogP contribution in [0.4, 0.5) is 5.95 Å². The average molecular weight is 584 g/mol. The number of hydrogen-bond acceptors (Lipinski definition) is 6. The van der Waals surface area contributed by atoms with Gasteiger partial charge in [0.2, 0.25) is 12.7 Å². The third-order valence-corrected chi connectivity index (χ3v) is 7.53. The lowest BCUT2D eigenvalue weighted by atomic mass is 9.98. The number of ether oxygens (including phenoxy) is 2. The predicted molar refractivity (Wildman–Crippen MR) is 153 cm³/mol. The highest BCUT2D eigenvalue weighted by atomic mass is 79.9. The maximum atomic E-state index is 6.38. The van der Waals surface area contributed by atoms with Crippen LogP contribution in [0.2, 0.25) is 5.02 Å². The fourth-order valence-electron chi connectivity index (χ4n) is 4.90. The average Bonchev–Trinajstić information content (AvgIpc) is 3.61. The van der Waals surface area contributed by atoms with Crippen LogP contribution < -0.4 is 14.5 Å². The molecule has 7 rings (SSSR count). The first-order valence-corrected chi connectivity index (χ1v) is 13.3. The zero-order valence-electron chi connectivity index (χ0n) is 20.0. The Morgan fingerprint density at radius 2 is 1.63 bits per heavy atom. The number of anilines is 1. The van der Waals surface area contributed by atoms with Gasteiger partial charge in [0.05, 0.1) is 23.0 Å². The van der Waals surface area contributed by atoms with Crippen LogP contribution in [-0.2, 0) is 0 Å². The lowest BCUT2D eigenvalue weighted by Crippen LogP contribution is -2.21. The standard InChI is InChI=1S/C30H20BrClN4O2/c31-21-9-6-18(7-10-21)25-16-26(20-8-13-27-28(14-20)38-17-37-27)36(35-25)30-33-24-12-11-22(32)15-23(24)29(34-30)19-4-2-1-3-5-19/h1-15,26H,16-17H2. The number of aromatic nitrogens is 2. The van der Waals surface area contributed by atoms with Crippen LogP contribution in [0.3, 0.4) is 0 Å². The topological polar surface area (TPSA) is 59.8 Å². The molecule has 38 heavy (non-hydrogen) atoms. The van der Waals surface area contributed by atoms with Gasteiger partial charge in [-0.15, -0.1) is 0 Å². The summed E-state index contributed by atoms with van der Waals surface area (Å²) in [5, 5.41) is 8.54. The summed E-state index contributed by atoms with van der Waals surface area (Å²) < 4.78 is 12.3. The van der Waals surface area contributed by atoms with E-state index in [1.807, 2.05) is 77.8 Å². The smallest absolute Gasteiger partial charge is 0.247 e. The van der Waals surface area contributed by atoms with Crippen molar-refractivity contribution in [2.45, 2.75) is 12.5 Å². The third-order valence-electron chi connectivity index (χ3n) is 6.77. The minimum atomic E-state index is -0.128. The first-order chi connectivity index (χ1) is 18.6. The van der Waals surface area contributed by atoms with E-state index in [1.54, 1.807) is 0 Å². The molecule has 0 spiro atoms. The molecule has 4 aromatic carbocycles.